The molecule has 0 aliphatic carbocycles. The summed E-state index contributed by atoms with van der Waals surface area (Å²) in [5, 5.41) is 8.22. The zero-order valence-electron chi connectivity index (χ0n) is 12.0. The molecule has 4 heteroatoms. The fraction of sp³-hybridized carbons (Fsp3) is 0.312. The van der Waals surface area contributed by atoms with E-state index in [1.54, 1.807) is 6.92 Å². The second kappa shape index (κ2) is 6.28. The van der Waals surface area contributed by atoms with E-state index in [0.29, 0.717) is 6.61 Å². The Bertz CT molecular complexity index is 609. The first-order valence-electron chi connectivity index (χ1n) is 6.77. The molecule has 0 N–H and O–H groups in total. The molecule has 0 saturated carbocycles. The van der Waals surface area contributed by atoms with Crippen molar-refractivity contribution in [1.82, 2.24) is 10.2 Å². The Labute approximate surface area is 118 Å². The van der Waals surface area contributed by atoms with Crippen molar-refractivity contribution in [2.24, 2.45) is 0 Å². The normalized spacial score (nSPS) is 10.3. The summed E-state index contributed by atoms with van der Waals surface area (Å²) in [5.74, 6) is -0.426. The smallest absolute Gasteiger partial charge is 0.359 e. The Morgan fingerprint density at radius 3 is 2.45 bits per heavy atom. The number of rotatable bonds is 4. The zero-order chi connectivity index (χ0) is 14.5. The molecule has 1 aromatic carbocycles. The van der Waals surface area contributed by atoms with Gasteiger partial charge in [0.1, 0.15) is 0 Å². The van der Waals surface area contributed by atoms with Crippen LogP contribution in [0.15, 0.2) is 30.3 Å². The van der Waals surface area contributed by atoms with E-state index in [9.17, 15) is 4.79 Å². The van der Waals surface area contributed by atoms with Gasteiger partial charge in [-0.25, -0.2) is 4.79 Å². The molecule has 0 saturated heterocycles. The van der Waals surface area contributed by atoms with E-state index in [1.807, 2.05) is 44.2 Å². The summed E-state index contributed by atoms with van der Waals surface area (Å²) < 4.78 is 5.08. The molecule has 0 unspecified atom stereocenters. The number of hydrogen-bond donors (Lipinski definition) is 0. The summed E-state index contributed by atoms with van der Waals surface area (Å²) in [7, 11) is 0. The first-order chi connectivity index (χ1) is 9.69. The molecule has 0 aliphatic heterocycles. The molecule has 1 heterocycles. The number of nitrogens with zero attached hydrogens (tertiary/aromatic N) is 2. The monoisotopic (exact) mass is 270 g/mol. The lowest BCUT2D eigenvalue weighted by Crippen LogP contribution is -2.13. The highest BCUT2D eigenvalue weighted by atomic mass is 16.5. The maximum absolute atomic E-state index is 12.1. The summed E-state index contributed by atoms with van der Waals surface area (Å²) in [6.07, 6.45) is 0.780. The Morgan fingerprint density at radius 1 is 1.15 bits per heavy atom. The number of ether oxygens (including phenoxy) is 1. The second-order valence-corrected chi connectivity index (χ2v) is 4.44. The molecule has 104 valence electrons. The summed E-state index contributed by atoms with van der Waals surface area (Å²) in [5.41, 5.74) is 3.94. The molecule has 4 nitrogen and oxygen atoms in total. The largest absolute Gasteiger partial charge is 0.461 e. The fourth-order valence-electron chi connectivity index (χ4n) is 2.19. The molecule has 0 spiro atoms. The molecule has 1 aromatic heterocycles. The quantitative estimate of drug-likeness (QED) is 0.801. The second-order valence-electron chi connectivity index (χ2n) is 4.44. The van der Waals surface area contributed by atoms with Crippen LogP contribution in [-0.2, 0) is 11.2 Å². The number of aromatic nitrogens is 2. The van der Waals surface area contributed by atoms with Crippen molar-refractivity contribution in [3.8, 4) is 11.1 Å². The lowest BCUT2D eigenvalue weighted by Gasteiger charge is -2.13. The number of carbonyl (C=O) groups excluding carboxylic acids is 1. The lowest BCUT2D eigenvalue weighted by atomic mass is 9.97. The van der Waals surface area contributed by atoms with Crippen LogP contribution in [-0.4, -0.2) is 22.8 Å². The van der Waals surface area contributed by atoms with Gasteiger partial charge in [0.2, 0.25) is 0 Å². The first-order valence-corrected chi connectivity index (χ1v) is 6.77. The van der Waals surface area contributed by atoms with Crippen LogP contribution in [0.5, 0.6) is 0 Å². The highest BCUT2D eigenvalue weighted by molar-refractivity contribution is 5.96. The van der Waals surface area contributed by atoms with Crippen LogP contribution in [0.3, 0.4) is 0 Å². The highest BCUT2D eigenvalue weighted by Crippen LogP contribution is 2.28. The van der Waals surface area contributed by atoms with E-state index in [4.69, 9.17) is 4.74 Å². The van der Waals surface area contributed by atoms with E-state index in [2.05, 4.69) is 10.2 Å². The molecule has 0 radical (unpaired) electrons. The van der Waals surface area contributed by atoms with Crippen molar-refractivity contribution in [3.63, 3.8) is 0 Å². The van der Waals surface area contributed by atoms with Crippen molar-refractivity contribution in [1.29, 1.82) is 0 Å². The number of benzene rings is 1. The van der Waals surface area contributed by atoms with Gasteiger partial charge in [-0.2, -0.15) is 5.10 Å². The van der Waals surface area contributed by atoms with Crippen molar-refractivity contribution in [2.45, 2.75) is 27.2 Å². The summed E-state index contributed by atoms with van der Waals surface area (Å²) in [6, 6.07) is 9.75. The van der Waals surface area contributed by atoms with Gasteiger partial charge >= 0.3 is 5.97 Å². The van der Waals surface area contributed by atoms with Gasteiger partial charge in [0.15, 0.2) is 5.69 Å². The van der Waals surface area contributed by atoms with E-state index in [-0.39, 0.29) is 5.69 Å². The molecule has 0 amide bonds. The number of hydrogen-bond acceptors (Lipinski definition) is 4. The third-order valence-corrected chi connectivity index (χ3v) is 3.18. The summed E-state index contributed by atoms with van der Waals surface area (Å²) in [4.78, 5) is 12.1. The molecule has 0 fully saturated rings. The SMILES string of the molecule is CCOC(=O)c1nnc(CC)c(C)c1-c1ccccc1. The van der Waals surface area contributed by atoms with Crippen LogP contribution in [0, 0.1) is 6.92 Å². The Kier molecular flexibility index (Phi) is 4.45. The number of aryl methyl sites for hydroxylation is 1. The van der Waals surface area contributed by atoms with Crippen molar-refractivity contribution in [2.75, 3.05) is 6.61 Å². The summed E-state index contributed by atoms with van der Waals surface area (Å²) >= 11 is 0. The van der Waals surface area contributed by atoms with Crippen LogP contribution >= 0.6 is 0 Å². The van der Waals surface area contributed by atoms with Crippen molar-refractivity contribution < 1.29 is 9.53 Å². The van der Waals surface area contributed by atoms with Gasteiger partial charge in [-0.3, -0.25) is 0 Å². The number of carbonyl (C=O) groups is 1. The maximum atomic E-state index is 12.1. The standard InChI is InChI=1S/C16H18N2O2/c1-4-13-11(3)14(12-9-7-6-8-10-12)15(18-17-13)16(19)20-5-2/h6-10H,4-5H2,1-3H3. The van der Waals surface area contributed by atoms with Gasteiger partial charge in [0, 0.05) is 5.56 Å². The Hall–Kier alpha value is -2.23. The van der Waals surface area contributed by atoms with Gasteiger partial charge in [-0.1, -0.05) is 37.3 Å². The minimum Gasteiger partial charge on any atom is -0.461 e. The molecule has 20 heavy (non-hydrogen) atoms. The third kappa shape index (κ3) is 2.69. The Balaban J connectivity index is 2.64. The molecule has 0 atom stereocenters. The molecule has 2 aromatic rings. The third-order valence-electron chi connectivity index (χ3n) is 3.18. The molecular formula is C16H18N2O2. The van der Waals surface area contributed by atoms with E-state index < -0.39 is 5.97 Å². The molecule has 2 rings (SSSR count). The van der Waals surface area contributed by atoms with E-state index in [0.717, 1.165) is 28.8 Å². The first kappa shape index (κ1) is 14.2. The number of esters is 1. The lowest BCUT2D eigenvalue weighted by molar-refractivity contribution is 0.0519. The Morgan fingerprint density at radius 2 is 1.85 bits per heavy atom. The molecule has 0 bridgehead atoms. The molecule has 0 aliphatic rings. The van der Waals surface area contributed by atoms with Crippen LogP contribution in [0.1, 0.15) is 35.6 Å². The highest BCUT2D eigenvalue weighted by Gasteiger charge is 2.20. The maximum Gasteiger partial charge on any atom is 0.359 e. The fourth-order valence-corrected chi connectivity index (χ4v) is 2.19. The minimum absolute atomic E-state index is 0.285. The topological polar surface area (TPSA) is 52.1 Å². The average Bonchev–Trinajstić information content (AvgIpc) is 2.48. The van der Waals surface area contributed by atoms with Gasteiger partial charge in [-0.15, -0.1) is 5.10 Å². The predicted molar refractivity (Wildman–Crippen MR) is 77.5 cm³/mol. The van der Waals surface area contributed by atoms with Gasteiger partial charge in [-0.05, 0) is 31.4 Å². The van der Waals surface area contributed by atoms with Crippen LogP contribution in [0.2, 0.25) is 0 Å². The van der Waals surface area contributed by atoms with Gasteiger partial charge in [0.05, 0.1) is 12.3 Å². The van der Waals surface area contributed by atoms with E-state index in [1.165, 1.54) is 0 Å². The molecular weight excluding hydrogens is 252 g/mol. The minimum atomic E-state index is -0.426. The summed E-state index contributed by atoms with van der Waals surface area (Å²) in [6.45, 7) is 6.10. The van der Waals surface area contributed by atoms with Gasteiger partial charge in [0.25, 0.3) is 0 Å². The zero-order valence-corrected chi connectivity index (χ0v) is 12.0. The van der Waals surface area contributed by atoms with Gasteiger partial charge < -0.3 is 4.74 Å². The predicted octanol–water partition coefficient (Wildman–Crippen LogP) is 3.19. The van der Waals surface area contributed by atoms with Crippen LogP contribution in [0.4, 0.5) is 0 Å². The van der Waals surface area contributed by atoms with Crippen LogP contribution < -0.4 is 0 Å². The van der Waals surface area contributed by atoms with Crippen LogP contribution in [0.25, 0.3) is 11.1 Å². The average molecular weight is 270 g/mol. The van der Waals surface area contributed by atoms with Crippen molar-refractivity contribution >= 4 is 5.97 Å². The van der Waals surface area contributed by atoms with E-state index >= 15 is 0 Å². The van der Waals surface area contributed by atoms with Crippen molar-refractivity contribution in [3.05, 3.63) is 47.3 Å².